The van der Waals surface area contributed by atoms with Crippen LogP contribution in [0.4, 0.5) is 4.39 Å². The van der Waals surface area contributed by atoms with Crippen molar-refractivity contribution in [3.63, 3.8) is 0 Å². The maximum Gasteiger partial charge on any atom is 0.251 e. The fourth-order valence-corrected chi connectivity index (χ4v) is 4.91. The van der Waals surface area contributed by atoms with Crippen molar-refractivity contribution in [1.82, 2.24) is 15.0 Å². The molecule has 1 aromatic carbocycles. The fourth-order valence-electron chi connectivity index (χ4n) is 4.91. The number of halogens is 1. The third kappa shape index (κ3) is 4.59. The molecule has 0 radical (unpaired) electrons. The number of allylic oxidation sites excluding steroid dienone is 1. The van der Waals surface area contributed by atoms with Gasteiger partial charge in [-0.2, -0.15) is 0 Å². The van der Waals surface area contributed by atoms with Crippen LogP contribution in [0.2, 0.25) is 0 Å². The number of hydrogen-bond donors (Lipinski definition) is 1. The lowest BCUT2D eigenvalue weighted by molar-refractivity contribution is 0.189. The minimum Gasteiger partial charge on any atom is -0.493 e. The molecule has 0 spiro atoms. The summed E-state index contributed by atoms with van der Waals surface area (Å²) in [7, 11) is 1.62. The molecule has 1 atom stereocenters. The van der Waals surface area contributed by atoms with Crippen molar-refractivity contribution in [3.05, 3.63) is 57.2 Å². The van der Waals surface area contributed by atoms with Gasteiger partial charge in [0.1, 0.15) is 11.9 Å². The number of rotatable bonds is 7. The van der Waals surface area contributed by atoms with Crippen molar-refractivity contribution in [2.75, 3.05) is 33.4 Å². The van der Waals surface area contributed by atoms with E-state index in [9.17, 15) is 9.18 Å². The van der Waals surface area contributed by atoms with Crippen LogP contribution >= 0.6 is 0 Å². The number of piperidine rings is 1. The first-order chi connectivity index (χ1) is 16.5. The lowest BCUT2D eigenvalue weighted by atomic mass is 9.89. The standard InChI is InChI=1S/C26H30FN3O4/c1-16-12-18-13-23(32-2)24(15-21(18)28-26(16)31)33-11-3-8-30-9-6-17(7-10-30)25-20-5-4-19(27)14-22(20)34-29-25/h4-5,12-13,15,17,19H,3,6-11,14H2,1-2H3,(H,28,31). The second-order valence-corrected chi connectivity index (χ2v) is 9.17. The second-order valence-electron chi connectivity index (χ2n) is 9.17. The molecule has 5 rings (SSSR count). The van der Waals surface area contributed by atoms with Gasteiger partial charge in [-0.05, 0) is 57.5 Å². The van der Waals surface area contributed by atoms with Crippen LogP contribution in [-0.2, 0) is 6.42 Å². The Morgan fingerprint density at radius 1 is 1.24 bits per heavy atom. The molecular formula is C26H30FN3O4. The quantitative estimate of drug-likeness (QED) is 0.519. The molecule has 180 valence electrons. The van der Waals surface area contributed by atoms with E-state index in [-0.39, 0.29) is 12.0 Å². The van der Waals surface area contributed by atoms with Gasteiger partial charge >= 0.3 is 0 Å². The number of alkyl halides is 1. The molecule has 0 saturated carbocycles. The van der Waals surface area contributed by atoms with Crippen molar-refractivity contribution in [1.29, 1.82) is 0 Å². The van der Waals surface area contributed by atoms with Crippen molar-refractivity contribution in [2.45, 2.75) is 44.7 Å². The lowest BCUT2D eigenvalue weighted by Crippen LogP contribution is -2.34. The number of aryl methyl sites for hydroxylation is 1. The van der Waals surface area contributed by atoms with Gasteiger partial charge in [-0.1, -0.05) is 11.2 Å². The summed E-state index contributed by atoms with van der Waals surface area (Å²) in [6.07, 6.45) is 5.65. The Kier molecular flexibility index (Phi) is 6.41. The van der Waals surface area contributed by atoms with Crippen LogP contribution in [-0.4, -0.2) is 54.6 Å². The number of benzene rings is 1. The number of pyridine rings is 1. The van der Waals surface area contributed by atoms with E-state index in [1.807, 2.05) is 24.3 Å². The van der Waals surface area contributed by atoms with Crippen molar-refractivity contribution < 1.29 is 18.4 Å². The summed E-state index contributed by atoms with van der Waals surface area (Å²) in [6.45, 7) is 5.27. The molecule has 3 aromatic rings. The Labute approximate surface area is 197 Å². The van der Waals surface area contributed by atoms with Crippen LogP contribution in [0.5, 0.6) is 11.5 Å². The summed E-state index contributed by atoms with van der Waals surface area (Å²) in [4.78, 5) is 17.3. The smallest absolute Gasteiger partial charge is 0.251 e. The molecule has 0 bridgehead atoms. The Morgan fingerprint density at radius 2 is 2.06 bits per heavy atom. The monoisotopic (exact) mass is 467 g/mol. The second kappa shape index (κ2) is 9.62. The van der Waals surface area contributed by atoms with Gasteiger partial charge in [0.25, 0.3) is 5.56 Å². The largest absolute Gasteiger partial charge is 0.493 e. The summed E-state index contributed by atoms with van der Waals surface area (Å²) >= 11 is 0. The number of nitrogens with one attached hydrogen (secondary N) is 1. The fraction of sp³-hybridized carbons (Fsp3) is 0.462. The molecule has 1 aliphatic heterocycles. The summed E-state index contributed by atoms with van der Waals surface area (Å²) < 4.78 is 30.5. The molecule has 1 fully saturated rings. The molecule has 1 aliphatic carbocycles. The molecule has 1 saturated heterocycles. The molecule has 2 aromatic heterocycles. The average Bonchev–Trinajstić information content (AvgIpc) is 3.25. The van der Waals surface area contributed by atoms with Crippen molar-refractivity contribution >= 4 is 17.0 Å². The number of hydrogen-bond acceptors (Lipinski definition) is 6. The first-order valence-electron chi connectivity index (χ1n) is 11.9. The highest BCUT2D eigenvalue weighted by molar-refractivity contribution is 5.83. The highest BCUT2D eigenvalue weighted by atomic mass is 19.1. The Hall–Kier alpha value is -3.13. The molecule has 3 heterocycles. The predicted octanol–water partition coefficient (Wildman–Crippen LogP) is 4.39. The van der Waals surface area contributed by atoms with Gasteiger partial charge in [-0.3, -0.25) is 4.79 Å². The Bertz CT molecular complexity index is 1260. The normalized spacial score (nSPS) is 18.9. The maximum absolute atomic E-state index is 13.6. The summed E-state index contributed by atoms with van der Waals surface area (Å²) in [5, 5.41) is 5.19. The first kappa shape index (κ1) is 22.7. The third-order valence-corrected chi connectivity index (χ3v) is 6.85. The van der Waals surface area contributed by atoms with Crippen LogP contribution in [0.3, 0.4) is 0 Å². The highest BCUT2D eigenvalue weighted by Crippen LogP contribution is 2.35. The number of aromatic amines is 1. The first-order valence-corrected chi connectivity index (χ1v) is 11.9. The zero-order valence-corrected chi connectivity index (χ0v) is 19.6. The summed E-state index contributed by atoms with van der Waals surface area (Å²) in [5.74, 6) is 2.32. The molecule has 0 amide bonds. The van der Waals surface area contributed by atoms with Crippen LogP contribution < -0.4 is 15.0 Å². The van der Waals surface area contributed by atoms with E-state index in [1.54, 1.807) is 20.1 Å². The zero-order valence-electron chi connectivity index (χ0n) is 19.6. The van der Waals surface area contributed by atoms with Crippen LogP contribution in [0.1, 0.15) is 47.8 Å². The number of H-pyrrole nitrogens is 1. The lowest BCUT2D eigenvalue weighted by Gasteiger charge is -2.31. The minimum absolute atomic E-state index is 0.0965. The molecule has 34 heavy (non-hydrogen) atoms. The van der Waals surface area contributed by atoms with Crippen LogP contribution in [0.25, 0.3) is 17.0 Å². The van der Waals surface area contributed by atoms with Gasteiger partial charge < -0.3 is 23.9 Å². The number of likely N-dealkylation sites (tertiary alicyclic amines) is 1. The maximum atomic E-state index is 13.6. The molecule has 7 nitrogen and oxygen atoms in total. The van der Waals surface area contributed by atoms with Gasteiger partial charge in [0, 0.05) is 41.5 Å². The van der Waals surface area contributed by atoms with Crippen molar-refractivity contribution in [3.8, 4) is 11.5 Å². The van der Waals surface area contributed by atoms with E-state index in [2.05, 4.69) is 15.0 Å². The van der Waals surface area contributed by atoms with Gasteiger partial charge in [0.15, 0.2) is 11.5 Å². The zero-order chi connectivity index (χ0) is 23.7. The molecule has 1 N–H and O–H groups in total. The van der Waals surface area contributed by atoms with Crippen LogP contribution in [0, 0.1) is 6.92 Å². The number of fused-ring (bicyclic) bond motifs is 2. The number of ether oxygens (including phenoxy) is 2. The van der Waals surface area contributed by atoms with E-state index in [0.29, 0.717) is 35.3 Å². The van der Waals surface area contributed by atoms with Crippen molar-refractivity contribution in [2.24, 2.45) is 0 Å². The van der Waals surface area contributed by atoms with E-state index >= 15 is 0 Å². The average molecular weight is 468 g/mol. The van der Waals surface area contributed by atoms with Gasteiger partial charge in [-0.25, -0.2) is 4.39 Å². The number of nitrogens with zero attached hydrogens (tertiary/aromatic N) is 2. The Morgan fingerprint density at radius 3 is 2.85 bits per heavy atom. The summed E-state index contributed by atoms with van der Waals surface area (Å²) in [6, 6.07) is 5.58. The van der Waals surface area contributed by atoms with E-state index in [4.69, 9.17) is 14.0 Å². The molecular weight excluding hydrogens is 437 g/mol. The van der Waals surface area contributed by atoms with E-state index in [0.717, 1.165) is 61.1 Å². The molecule has 2 aliphatic rings. The van der Waals surface area contributed by atoms with E-state index < -0.39 is 6.17 Å². The number of methoxy groups -OCH3 is 1. The van der Waals surface area contributed by atoms with Gasteiger partial charge in [0.05, 0.1) is 24.9 Å². The van der Waals surface area contributed by atoms with Crippen LogP contribution in [0.15, 0.2) is 33.6 Å². The summed E-state index contributed by atoms with van der Waals surface area (Å²) in [5.41, 5.74) is 3.28. The predicted molar refractivity (Wildman–Crippen MR) is 129 cm³/mol. The minimum atomic E-state index is -0.974. The number of aromatic nitrogens is 2. The van der Waals surface area contributed by atoms with Gasteiger partial charge in [-0.15, -0.1) is 0 Å². The topological polar surface area (TPSA) is 80.6 Å². The Balaban J connectivity index is 1.13. The highest BCUT2D eigenvalue weighted by Gasteiger charge is 2.28. The molecule has 1 unspecified atom stereocenters. The SMILES string of the molecule is COc1cc2cc(C)c(=O)[nH]c2cc1OCCCN1CCC(c2noc3c2C=CC(F)C3)CC1. The van der Waals surface area contributed by atoms with Gasteiger partial charge in [0.2, 0.25) is 0 Å². The van der Waals surface area contributed by atoms with E-state index in [1.165, 1.54) is 0 Å². The third-order valence-electron chi connectivity index (χ3n) is 6.85. The molecule has 8 heteroatoms.